The molecule has 35 heavy (non-hydrogen) atoms. The number of piperazine rings is 1. The van der Waals surface area contributed by atoms with Gasteiger partial charge in [0.1, 0.15) is 11.5 Å². The van der Waals surface area contributed by atoms with Crippen molar-refractivity contribution in [2.45, 2.75) is 36.7 Å². The molecular weight excluding hydrogens is 473 g/mol. The summed E-state index contributed by atoms with van der Waals surface area (Å²) >= 11 is 0. The zero-order valence-electron chi connectivity index (χ0n) is 19.4. The Kier molecular flexibility index (Phi) is 6.78. The maximum absolute atomic E-state index is 14.6. The lowest BCUT2D eigenvalue weighted by molar-refractivity contribution is 0.0174. The first-order valence-corrected chi connectivity index (χ1v) is 13.1. The first-order chi connectivity index (χ1) is 16.9. The number of ether oxygens (including phenoxy) is 1. The van der Waals surface area contributed by atoms with Gasteiger partial charge in [0.25, 0.3) is 0 Å². The van der Waals surface area contributed by atoms with Crippen molar-refractivity contribution in [3.05, 3.63) is 48.3 Å². The standard InChI is InChI=1S/C23H28FN7O3S/c1-15-12-16(6-11-34-15)22-26-14-20(29-22)21-19(24)13-27-23(30-21)28-17-2-4-18(5-3-17)35(32,33)31-9-7-25-8-10-31/h2-5,13-16,25H,6-12H2,1H3,(H,26,29)(H,27,28,30). The average Bonchev–Trinajstić information content (AvgIpc) is 3.36. The summed E-state index contributed by atoms with van der Waals surface area (Å²) in [5.41, 5.74) is 1.17. The van der Waals surface area contributed by atoms with Crippen LogP contribution in [0.3, 0.4) is 0 Å². The van der Waals surface area contributed by atoms with Gasteiger partial charge in [-0.15, -0.1) is 0 Å². The zero-order valence-corrected chi connectivity index (χ0v) is 20.2. The van der Waals surface area contributed by atoms with E-state index in [2.05, 4.69) is 30.6 Å². The van der Waals surface area contributed by atoms with Gasteiger partial charge in [0.15, 0.2) is 5.82 Å². The van der Waals surface area contributed by atoms with Crippen molar-refractivity contribution in [3.8, 4) is 11.4 Å². The van der Waals surface area contributed by atoms with Crippen molar-refractivity contribution < 1.29 is 17.5 Å². The monoisotopic (exact) mass is 501 g/mol. The lowest BCUT2D eigenvalue weighted by atomic mass is 9.96. The van der Waals surface area contributed by atoms with Gasteiger partial charge in [-0.1, -0.05) is 0 Å². The first-order valence-electron chi connectivity index (χ1n) is 11.7. The predicted molar refractivity (Wildman–Crippen MR) is 128 cm³/mol. The van der Waals surface area contributed by atoms with E-state index in [4.69, 9.17) is 4.74 Å². The molecule has 0 spiro atoms. The number of H-pyrrole nitrogens is 1. The molecular formula is C23H28FN7O3S. The van der Waals surface area contributed by atoms with Gasteiger partial charge in [-0.05, 0) is 44.0 Å². The number of hydrogen-bond donors (Lipinski definition) is 3. The SMILES string of the molecule is CC1CC(c2ncc(-c3nc(Nc4ccc(S(=O)(=O)N5CCNCC5)cc4)ncc3F)[nH]2)CCO1. The van der Waals surface area contributed by atoms with E-state index in [9.17, 15) is 12.8 Å². The summed E-state index contributed by atoms with van der Waals surface area (Å²) in [5, 5.41) is 6.16. The van der Waals surface area contributed by atoms with Gasteiger partial charge in [0.05, 0.1) is 29.1 Å². The predicted octanol–water partition coefficient (Wildman–Crippen LogP) is 2.63. The molecule has 4 heterocycles. The van der Waals surface area contributed by atoms with Crippen molar-refractivity contribution in [1.82, 2.24) is 29.6 Å². The Hall–Kier alpha value is -2.93. The molecule has 12 heteroatoms. The molecule has 186 valence electrons. The molecule has 0 radical (unpaired) electrons. The van der Waals surface area contributed by atoms with Crippen LogP contribution < -0.4 is 10.6 Å². The first kappa shape index (κ1) is 23.8. The molecule has 2 aromatic heterocycles. The van der Waals surface area contributed by atoms with Crippen molar-refractivity contribution in [1.29, 1.82) is 0 Å². The number of benzene rings is 1. The molecule has 2 saturated heterocycles. The maximum atomic E-state index is 14.6. The number of rotatable bonds is 6. The minimum atomic E-state index is -3.54. The molecule has 0 bridgehead atoms. The maximum Gasteiger partial charge on any atom is 0.243 e. The van der Waals surface area contributed by atoms with E-state index in [-0.39, 0.29) is 28.6 Å². The van der Waals surface area contributed by atoms with Crippen LogP contribution in [0.1, 0.15) is 31.5 Å². The van der Waals surface area contributed by atoms with E-state index >= 15 is 0 Å². The van der Waals surface area contributed by atoms with Crippen molar-refractivity contribution in [2.24, 2.45) is 0 Å². The lowest BCUT2D eigenvalue weighted by Gasteiger charge is -2.26. The molecule has 10 nitrogen and oxygen atoms in total. The smallest absolute Gasteiger partial charge is 0.243 e. The quantitative estimate of drug-likeness (QED) is 0.471. The van der Waals surface area contributed by atoms with Crippen LogP contribution >= 0.6 is 0 Å². The molecule has 2 atom stereocenters. The Balaban J connectivity index is 1.31. The minimum Gasteiger partial charge on any atom is -0.378 e. The van der Waals surface area contributed by atoms with Crippen LogP contribution in [0, 0.1) is 5.82 Å². The molecule has 2 aliphatic rings. The minimum absolute atomic E-state index is 0.110. The third kappa shape index (κ3) is 5.20. The van der Waals surface area contributed by atoms with Gasteiger partial charge in [-0.3, -0.25) is 0 Å². The molecule has 3 N–H and O–H groups in total. The average molecular weight is 502 g/mol. The molecule has 1 aromatic carbocycles. The summed E-state index contributed by atoms with van der Waals surface area (Å²) < 4.78 is 47.3. The summed E-state index contributed by atoms with van der Waals surface area (Å²) in [4.78, 5) is 16.2. The fraction of sp³-hybridized carbons (Fsp3) is 0.435. The second kappa shape index (κ2) is 9.97. The summed E-state index contributed by atoms with van der Waals surface area (Å²) in [6.07, 6.45) is 4.56. The van der Waals surface area contributed by atoms with Crippen molar-refractivity contribution >= 4 is 21.7 Å². The van der Waals surface area contributed by atoms with Crippen LogP contribution in [-0.4, -0.2) is 71.5 Å². The van der Waals surface area contributed by atoms with Crippen LogP contribution in [0.2, 0.25) is 0 Å². The number of hydrogen-bond acceptors (Lipinski definition) is 8. The molecule has 2 aliphatic heterocycles. The number of nitrogens with zero attached hydrogens (tertiary/aromatic N) is 4. The Morgan fingerprint density at radius 2 is 1.91 bits per heavy atom. The van der Waals surface area contributed by atoms with E-state index in [1.807, 2.05) is 6.92 Å². The fourth-order valence-corrected chi connectivity index (χ4v) is 5.84. The third-order valence-electron chi connectivity index (χ3n) is 6.29. The Bertz CT molecular complexity index is 1280. The molecule has 0 aliphatic carbocycles. The Labute approximate surface area is 203 Å². The van der Waals surface area contributed by atoms with Gasteiger partial charge in [-0.2, -0.15) is 4.31 Å². The number of aromatic amines is 1. The van der Waals surface area contributed by atoms with Crippen molar-refractivity contribution in [2.75, 3.05) is 38.1 Å². The number of sulfonamides is 1. The highest BCUT2D eigenvalue weighted by molar-refractivity contribution is 7.89. The highest BCUT2D eigenvalue weighted by Crippen LogP contribution is 2.30. The number of imidazole rings is 1. The molecule has 0 amide bonds. The van der Waals surface area contributed by atoms with Gasteiger partial charge >= 0.3 is 0 Å². The van der Waals surface area contributed by atoms with Crippen LogP contribution in [0.4, 0.5) is 16.0 Å². The second-order valence-corrected chi connectivity index (χ2v) is 10.7. The molecule has 3 aromatic rings. The van der Waals surface area contributed by atoms with E-state index in [0.717, 1.165) is 24.9 Å². The summed E-state index contributed by atoms with van der Waals surface area (Å²) in [5.74, 6) is 0.647. The molecule has 2 unspecified atom stereocenters. The normalized spacial score (nSPS) is 21.7. The van der Waals surface area contributed by atoms with Crippen LogP contribution in [0.5, 0.6) is 0 Å². The Morgan fingerprint density at radius 3 is 2.66 bits per heavy atom. The van der Waals surface area contributed by atoms with Crippen molar-refractivity contribution in [3.63, 3.8) is 0 Å². The third-order valence-corrected chi connectivity index (χ3v) is 8.20. The molecule has 2 fully saturated rings. The van der Waals surface area contributed by atoms with Gasteiger partial charge < -0.3 is 20.4 Å². The van der Waals surface area contributed by atoms with Gasteiger partial charge in [0.2, 0.25) is 16.0 Å². The van der Waals surface area contributed by atoms with E-state index in [1.165, 1.54) is 4.31 Å². The van der Waals surface area contributed by atoms with E-state index in [1.54, 1.807) is 30.5 Å². The summed E-state index contributed by atoms with van der Waals surface area (Å²) in [6.45, 7) is 4.86. The topological polar surface area (TPSA) is 125 Å². The lowest BCUT2D eigenvalue weighted by Crippen LogP contribution is -2.46. The van der Waals surface area contributed by atoms with Gasteiger partial charge in [-0.25, -0.2) is 27.8 Å². The number of halogens is 1. The summed E-state index contributed by atoms with van der Waals surface area (Å²) in [6, 6.07) is 6.37. The number of nitrogens with one attached hydrogen (secondary N) is 3. The van der Waals surface area contributed by atoms with E-state index in [0.29, 0.717) is 44.2 Å². The highest BCUT2D eigenvalue weighted by Gasteiger charge is 2.26. The van der Waals surface area contributed by atoms with Crippen LogP contribution in [-0.2, 0) is 14.8 Å². The molecule has 5 rings (SSSR count). The van der Waals surface area contributed by atoms with Gasteiger partial charge in [0, 0.05) is 44.4 Å². The van der Waals surface area contributed by atoms with Crippen LogP contribution in [0.15, 0.2) is 41.6 Å². The zero-order chi connectivity index (χ0) is 24.4. The fourth-order valence-electron chi connectivity index (χ4n) is 4.40. The molecule has 0 saturated carbocycles. The Morgan fingerprint density at radius 1 is 1.14 bits per heavy atom. The van der Waals surface area contributed by atoms with Crippen LogP contribution in [0.25, 0.3) is 11.4 Å². The highest BCUT2D eigenvalue weighted by atomic mass is 32.2. The largest absolute Gasteiger partial charge is 0.378 e. The second-order valence-electron chi connectivity index (χ2n) is 8.78. The number of aromatic nitrogens is 4. The summed E-state index contributed by atoms with van der Waals surface area (Å²) in [7, 11) is -3.54. The number of anilines is 2. The van der Waals surface area contributed by atoms with E-state index < -0.39 is 15.8 Å².